The molecule has 0 unspecified atom stereocenters. The highest BCUT2D eigenvalue weighted by atomic mass is 16.3. The summed E-state index contributed by atoms with van der Waals surface area (Å²) in [4.78, 5) is 13.9. The average molecular weight is 227 g/mol. The Labute approximate surface area is 99.3 Å². The van der Waals surface area contributed by atoms with Crippen LogP contribution in [-0.2, 0) is 0 Å². The van der Waals surface area contributed by atoms with E-state index >= 15 is 0 Å². The third-order valence-electron chi connectivity index (χ3n) is 3.10. The summed E-state index contributed by atoms with van der Waals surface area (Å²) in [5.41, 5.74) is 1.64. The van der Waals surface area contributed by atoms with Gasteiger partial charge in [0.15, 0.2) is 0 Å². The van der Waals surface area contributed by atoms with Crippen LogP contribution in [0.1, 0.15) is 17.3 Å². The van der Waals surface area contributed by atoms with Crippen LogP contribution < -0.4 is 4.90 Å². The van der Waals surface area contributed by atoms with E-state index in [2.05, 4.69) is 0 Å². The van der Waals surface area contributed by atoms with E-state index in [1.807, 2.05) is 36.4 Å². The van der Waals surface area contributed by atoms with Gasteiger partial charge < -0.3 is 10.0 Å². The van der Waals surface area contributed by atoms with Crippen LogP contribution in [0, 0.1) is 0 Å². The zero-order chi connectivity index (χ0) is 12.0. The molecule has 0 fully saturated rings. The molecule has 0 aliphatic carbocycles. The fourth-order valence-electron chi connectivity index (χ4n) is 2.42. The van der Waals surface area contributed by atoms with Crippen molar-refractivity contribution in [2.24, 2.45) is 0 Å². The number of anilines is 1. The highest BCUT2D eigenvalue weighted by molar-refractivity contribution is 6.25. The first-order valence-electron chi connectivity index (χ1n) is 5.70. The lowest BCUT2D eigenvalue weighted by Gasteiger charge is -2.19. The van der Waals surface area contributed by atoms with Gasteiger partial charge in [0.25, 0.3) is 5.91 Å². The van der Waals surface area contributed by atoms with Crippen LogP contribution in [-0.4, -0.2) is 23.7 Å². The van der Waals surface area contributed by atoms with Crippen molar-refractivity contribution in [2.75, 3.05) is 11.4 Å². The molecule has 2 aromatic rings. The van der Waals surface area contributed by atoms with E-state index < -0.39 is 6.10 Å². The number of carbonyl (C=O) groups is 1. The molecule has 0 saturated carbocycles. The smallest absolute Gasteiger partial charge is 0.259 e. The molecule has 0 spiro atoms. The summed E-state index contributed by atoms with van der Waals surface area (Å²) >= 11 is 0. The van der Waals surface area contributed by atoms with Crippen molar-refractivity contribution in [3.8, 4) is 0 Å². The molecule has 1 heterocycles. The van der Waals surface area contributed by atoms with Gasteiger partial charge in [-0.05, 0) is 24.4 Å². The average Bonchev–Trinajstić information content (AvgIpc) is 2.57. The topological polar surface area (TPSA) is 40.5 Å². The first-order valence-corrected chi connectivity index (χ1v) is 5.70. The molecule has 86 valence electrons. The van der Waals surface area contributed by atoms with Crippen molar-refractivity contribution in [2.45, 2.75) is 13.0 Å². The van der Waals surface area contributed by atoms with E-state index in [1.54, 1.807) is 11.8 Å². The van der Waals surface area contributed by atoms with E-state index in [9.17, 15) is 9.90 Å². The number of hydrogen-bond donors (Lipinski definition) is 1. The summed E-state index contributed by atoms with van der Waals surface area (Å²) in [6.07, 6.45) is -0.525. The number of β-amino-alcohol motifs (C(OH)–C–C–N with tert-alkyl or cyclic N) is 1. The van der Waals surface area contributed by atoms with Gasteiger partial charge in [0.05, 0.1) is 18.3 Å². The summed E-state index contributed by atoms with van der Waals surface area (Å²) in [6, 6.07) is 11.6. The second-order valence-electron chi connectivity index (χ2n) is 4.45. The monoisotopic (exact) mass is 227 g/mol. The van der Waals surface area contributed by atoms with Crippen molar-refractivity contribution in [1.82, 2.24) is 0 Å². The van der Waals surface area contributed by atoms with Crippen molar-refractivity contribution in [3.63, 3.8) is 0 Å². The van der Waals surface area contributed by atoms with Gasteiger partial charge in [-0.3, -0.25) is 4.79 Å². The number of nitrogens with zero attached hydrogens (tertiary/aromatic N) is 1. The quantitative estimate of drug-likeness (QED) is 0.854. The zero-order valence-electron chi connectivity index (χ0n) is 9.55. The third-order valence-corrected chi connectivity index (χ3v) is 3.10. The lowest BCUT2D eigenvalue weighted by Crippen LogP contribution is -2.33. The second kappa shape index (κ2) is 3.57. The molecule has 0 saturated heterocycles. The van der Waals surface area contributed by atoms with E-state index in [0.29, 0.717) is 6.54 Å². The highest BCUT2D eigenvalue weighted by Crippen LogP contribution is 2.36. The molecule has 3 rings (SSSR count). The molecule has 1 aliphatic rings. The maximum absolute atomic E-state index is 12.2. The number of aliphatic hydroxyl groups excluding tert-OH is 1. The summed E-state index contributed by atoms with van der Waals surface area (Å²) in [5, 5.41) is 11.5. The number of carbonyl (C=O) groups excluding carboxylic acids is 1. The lowest BCUT2D eigenvalue weighted by molar-refractivity contribution is 0.0974. The van der Waals surface area contributed by atoms with E-state index in [-0.39, 0.29) is 5.91 Å². The van der Waals surface area contributed by atoms with E-state index in [4.69, 9.17) is 0 Å². The molecule has 0 aromatic heterocycles. The maximum atomic E-state index is 12.2. The molecule has 0 radical (unpaired) electrons. The van der Waals surface area contributed by atoms with Gasteiger partial charge in [-0.25, -0.2) is 0 Å². The Kier molecular flexibility index (Phi) is 2.16. The molecule has 1 N–H and O–H groups in total. The van der Waals surface area contributed by atoms with Crippen LogP contribution in [0.4, 0.5) is 5.69 Å². The van der Waals surface area contributed by atoms with Gasteiger partial charge in [-0.15, -0.1) is 0 Å². The molecule has 3 nitrogen and oxygen atoms in total. The van der Waals surface area contributed by atoms with Crippen LogP contribution in [0.2, 0.25) is 0 Å². The maximum Gasteiger partial charge on any atom is 0.259 e. The number of aliphatic hydroxyl groups is 1. The van der Waals surface area contributed by atoms with Gasteiger partial charge in [0.2, 0.25) is 0 Å². The summed E-state index contributed by atoms with van der Waals surface area (Å²) in [7, 11) is 0. The molecular formula is C14H13NO2. The molecule has 1 aliphatic heterocycles. The molecular weight excluding hydrogens is 214 g/mol. The number of benzene rings is 2. The Morgan fingerprint density at radius 3 is 2.65 bits per heavy atom. The summed E-state index contributed by atoms with van der Waals surface area (Å²) in [5.74, 6) is -0.0160. The van der Waals surface area contributed by atoms with Crippen LogP contribution in [0.3, 0.4) is 0 Å². The lowest BCUT2D eigenvalue weighted by atomic mass is 10.1. The standard InChI is InChI=1S/C14H13NO2/c1-9(16)8-15-12-7-3-5-10-4-2-6-11(13(10)12)14(15)17/h2-7,9,16H,8H2,1H3/t9-/m0/s1. The van der Waals surface area contributed by atoms with Crippen LogP contribution in [0.15, 0.2) is 36.4 Å². The molecule has 17 heavy (non-hydrogen) atoms. The van der Waals surface area contributed by atoms with Crippen LogP contribution >= 0.6 is 0 Å². The predicted octanol–water partition coefficient (Wildman–Crippen LogP) is 2.18. The molecule has 2 aromatic carbocycles. The number of hydrogen-bond acceptors (Lipinski definition) is 2. The molecule has 1 atom stereocenters. The van der Waals surface area contributed by atoms with E-state index in [0.717, 1.165) is 22.0 Å². The van der Waals surface area contributed by atoms with Gasteiger partial charge >= 0.3 is 0 Å². The Balaban J connectivity index is 2.23. The third kappa shape index (κ3) is 1.43. The summed E-state index contributed by atoms with van der Waals surface area (Å²) in [6.45, 7) is 2.03. The molecule has 3 heteroatoms. The normalized spacial score (nSPS) is 15.6. The predicted molar refractivity (Wildman–Crippen MR) is 67.3 cm³/mol. The SMILES string of the molecule is C[C@H](O)CN1C(=O)c2cccc3cccc1c23. The minimum Gasteiger partial charge on any atom is -0.392 e. The minimum absolute atomic E-state index is 0.0160. The Morgan fingerprint density at radius 2 is 1.94 bits per heavy atom. The van der Waals surface area contributed by atoms with Crippen molar-refractivity contribution < 1.29 is 9.90 Å². The zero-order valence-corrected chi connectivity index (χ0v) is 9.55. The van der Waals surface area contributed by atoms with Crippen molar-refractivity contribution >= 4 is 22.4 Å². The van der Waals surface area contributed by atoms with Gasteiger partial charge in [-0.1, -0.05) is 24.3 Å². The van der Waals surface area contributed by atoms with Crippen molar-refractivity contribution in [3.05, 3.63) is 42.0 Å². The number of rotatable bonds is 2. The van der Waals surface area contributed by atoms with Crippen LogP contribution in [0.25, 0.3) is 10.8 Å². The Hall–Kier alpha value is -1.87. The van der Waals surface area contributed by atoms with Gasteiger partial charge in [-0.2, -0.15) is 0 Å². The Morgan fingerprint density at radius 1 is 1.24 bits per heavy atom. The second-order valence-corrected chi connectivity index (χ2v) is 4.45. The van der Waals surface area contributed by atoms with Gasteiger partial charge in [0, 0.05) is 10.9 Å². The minimum atomic E-state index is -0.525. The fourth-order valence-corrected chi connectivity index (χ4v) is 2.42. The highest BCUT2D eigenvalue weighted by Gasteiger charge is 2.29. The fraction of sp³-hybridized carbons (Fsp3) is 0.214. The first-order chi connectivity index (χ1) is 8.18. The largest absolute Gasteiger partial charge is 0.392 e. The molecule has 1 amide bonds. The first kappa shape index (κ1) is 10.3. The van der Waals surface area contributed by atoms with E-state index in [1.165, 1.54) is 0 Å². The van der Waals surface area contributed by atoms with Crippen LogP contribution in [0.5, 0.6) is 0 Å². The number of amides is 1. The van der Waals surface area contributed by atoms with Gasteiger partial charge in [0.1, 0.15) is 0 Å². The summed E-state index contributed by atoms with van der Waals surface area (Å²) < 4.78 is 0. The molecule has 0 bridgehead atoms. The van der Waals surface area contributed by atoms with Crippen molar-refractivity contribution in [1.29, 1.82) is 0 Å². The Bertz CT molecular complexity index is 599.